The number of aromatic nitrogens is 1. The highest BCUT2D eigenvalue weighted by atomic mass is 16.4. The molecule has 0 radical (unpaired) electrons. The van der Waals surface area contributed by atoms with Crippen LogP contribution in [-0.2, 0) is 0 Å². The molecule has 22 heavy (non-hydrogen) atoms. The topological polar surface area (TPSA) is 63.1 Å². The number of benzene rings is 2. The molecule has 4 aromatic rings. The van der Waals surface area contributed by atoms with Crippen LogP contribution in [-0.4, -0.2) is 10.8 Å². The zero-order valence-corrected chi connectivity index (χ0v) is 11.5. The normalized spacial score (nSPS) is 11.1. The minimum absolute atomic E-state index is 0.0449. The van der Waals surface area contributed by atoms with Crippen molar-refractivity contribution in [3.8, 4) is 0 Å². The molecule has 0 fully saturated rings. The molecule has 4 heteroatoms. The SMILES string of the molecule is O=C(c1cc2ccccc2oc1=O)c1c[nH]c2ccccc12. The van der Waals surface area contributed by atoms with E-state index in [-0.39, 0.29) is 11.3 Å². The number of H-pyrrole nitrogens is 1. The van der Waals surface area contributed by atoms with E-state index in [1.54, 1.807) is 24.4 Å². The Morgan fingerprint density at radius 2 is 1.73 bits per heavy atom. The number of para-hydroxylation sites is 2. The van der Waals surface area contributed by atoms with Crippen LogP contribution >= 0.6 is 0 Å². The van der Waals surface area contributed by atoms with Crippen molar-refractivity contribution >= 4 is 27.7 Å². The van der Waals surface area contributed by atoms with E-state index < -0.39 is 5.63 Å². The Labute approximate surface area is 125 Å². The van der Waals surface area contributed by atoms with Gasteiger partial charge in [0, 0.05) is 28.0 Å². The summed E-state index contributed by atoms with van der Waals surface area (Å²) in [7, 11) is 0. The smallest absolute Gasteiger partial charge is 0.347 e. The molecule has 2 aromatic carbocycles. The van der Waals surface area contributed by atoms with Gasteiger partial charge >= 0.3 is 5.63 Å². The van der Waals surface area contributed by atoms with Crippen LogP contribution in [0.4, 0.5) is 0 Å². The number of carbonyl (C=O) groups is 1. The van der Waals surface area contributed by atoms with E-state index in [9.17, 15) is 9.59 Å². The molecule has 1 N–H and O–H groups in total. The van der Waals surface area contributed by atoms with Crippen molar-refractivity contribution in [1.82, 2.24) is 4.98 Å². The first-order valence-electron chi connectivity index (χ1n) is 6.88. The number of fused-ring (bicyclic) bond motifs is 2. The summed E-state index contributed by atoms with van der Waals surface area (Å²) < 4.78 is 5.24. The summed E-state index contributed by atoms with van der Waals surface area (Å²) in [4.78, 5) is 27.9. The summed E-state index contributed by atoms with van der Waals surface area (Å²) in [5.41, 5.74) is 1.23. The van der Waals surface area contributed by atoms with Gasteiger partial charge in [-0.15, -0.1) is 0 Å². The Hall–Kier alpha value is -3.14. The van der Waals surface area contributed by atoms with Crippen molar-refractivity contribution in [3.63, 3.8) is 0 Å². The Morgan fingerprint density at radius 1 is 0.955 bits per heavy atom. The zero-order chi connectivity index (χ0) is 15.1. The quantitative estimate of drug-likeness (QED) is 0.454. The highest BCUT2D eigenvalue weighted by Crippen LogP contribution is 2.21. The molecule has 0 unspecified atom stereocenters. The van der Waals surface area contributed by atoms with Crippen LogP contribution in [0.5, 0.6) is 0 Å². The lowest BCUT2D eigenvalue weighted by atomic mass is 10.0. The van der Waals surface area contributed by atoms with Gasteiger partial charge in [0.15, 0.2) is 0 Å². The molecule has 0 bridgehead atoms. The average Bonchev–Trinajstić information content (AvgIpc) is 2.97. The lowest BCUT2D eigenvalue weighted by Crippen LogP contribution is -2.14. The van der Waals surface area contributed by atoms with E-state index in [4.69, 9.17) is 4.42 Å². The number of rotatable bonds is 2. The van der Waals surface area contributed by atoms with Gasteiger partial charge in [-0.1, -0.05) is 36.4 Å². The van der Waals surface area contributed by atoms with Gasteiger partial charge < -0.3 is 9.40 Å². The molecule has 0 saturated carbocycles. The maximum atomic E-state index is 12.7. The first kappa shape index (κ1) is 12.6. The van der Waals surface area contributed by atoms with E-state index in [0.717, 1.165) is 16.3 Å². The van der Waals surface area contributed by atoms with E-state index in [1.165, 1.54) is 0 Å². The second kappa shape index (κ2) is 4.70. The number of ketones is 1. The molecule has 2 heterocycles. The van der Waals surface area contributed by atoms with E-state index in [0.29, 0.717) is 11.1 Å². The minimum atomic E-state index is -0.617. The average molecular weight is 289 g/mol. The molecule has 0 aliphatic rings. The number of aromatic amines is 1. The summed E-state index contributed by atoms with van der Waals surface area (Å²) in [6.45, 7) is 0. The van der Waals surface area contributed by atoms with Crippen molar-refractivity contribution < 1.29 is 9.21 Å². The molecule has 0 amide bonds. The van der Waals surface area contributed by atoms with Crippen LogP contribution < -0.4 is 5.63 Å². The molecule has 2 aromatic heterocycles. The van der Waals surface area contributed by atoms with Crippen molar-refractivity contribution in [2.75, 3.05) is 0 Å². The Morgan fingerprint density at radius 3 is 2.64 bits per heavy atom. The number of nitrogens with one attached hydrogen (secondary N) is 1. The summed E-state index contributed by atoms with van der Waals surface area (Å²) in [6, 6.07) is 16.2. The fourth-order valence-corrected chi connectivity index (χ4v) is 2.62. The zero-order valence-electron chi connectivity index (χ0n) is 11.5. The van der Waals surface area contributed by atoms with E-state index >= 15 is 0 Å². The molecule has 0 saturated heterocycles. The van der Waals surface area contributed by atoms with Crippen LogP contribution in [0, 0.1) is 0 Å². The lowest BCUT2D eigenvalue weighted by Gasteiger charge is -2.01. The fourth-order valence-electron chi connectivity index (χ4n) is 2.62. The van der Waals surface area contributed by atoms with Crippen LogP contribution in [0.1, 0.15) is 15.9 Å². The summed E-state index contributed by atoms with van der Waals surface area (Å²) >= 11 is 0. The van der Waals surface area contributed by atoms with Crippen LogP contribution in [0.2, 0.25) is 0 Å². The summed E-state index contributed by atoms with van der Waals surface area (Å²) in [5.74, 6) is -0.336. The predicted molar refractivity (Wildman–Crippen MR) is 84.2 cm³/mol. The third kappa shape index (κ3) is 1.85. The maximum absolute atomic E-state index is 12.7. The summed E-state index contributed by atoms with van der Waals surface area (Å²) in [5, 5.41) is 1.52. The van der Waals surface area contributed by atoms with Gasteiger partial charge in [-0.3, -0.25) is 4.79 Å². The summed E-state index contributed by atoms with van der Waals surface area (Å²) in [6.07, 6.45) is 1.63. The second-order valence-electron chi connectivity index (χ2n) is 5.06. The molecule has 0 atom stereocenters. The molecule has 0 aliphatic heterocycles. The van der Waals surface area contributed by atoms with Gasteiger partial charge in [0.05, 0.1) is 0 Å². The van der Waals surface area contributed by atoms with Gasteiger partial charge in [0.2, 0.25) is 5.78 Å². The largest absolute Gasteiger partial charge is 0.422 e. The monoisotopic (exact) mass is 289 g/mol. The van der Waals surface area contributed by atoms with Gasteiger partial charge in [0.25, 0.3) is 0 Å². The molecular weight excluding hydrogens is 278 g/mol. The third-order valence-electron chi connectivity index (χ3n) is 3.72. The molecule has 4 nitrogen and oxygen atoms in total. The Kier molecular flexibility index (Phi) is 2.69. The second-order valence-corrected chi connectivity index (χ2v) is 5.06. The van der Waals surface area contributed by atoms with Crippen molar-refractivity contribution in [3.05, 3.63) is 82.3 Å². The fraction of sp³-hybridized carbons (Fsp3) is 0. The van der Waals surface area contributed by atoms with Crippen LogP contribution in [0.25, 0.3) is 21.9 Å². The molecular formula is C18H11NO3. The standard InChI is InChI=1S/C18H11NO3/c20-17(14-10-19-15-7-3-2-6-12(14)15)13-9-11-5-1-4-8-16(11)22-18(13)21/h1-10,19H. The van der Waals surface area contributed by atoms with Crippen molar-refractivity contribution in [2.24, 2.45) is 0 Å². The Bertz CT molecular complexity index is 1070. The third-order valence-corrected chi connectivity index (χ3v) is 3.72. The highest BCUT2D eigenvalue weighted by molar-refractivity contribution is 6.16. The highest BCUT2D eigenvalue weighted by Gasteiger charge is 2.18. The molecule has 4 rings (SSSR count). The predicted octanol–water partition coefficient (Wildman–Crippen LogP) is 3.51. The number of hydrogen-bond donors (Lipinski definition) is 1. The van der Waals surface area contributed by atoms with E-state index in [2.05, 4.69) is 4.98 Å². The first-order chi connectivity index (χ1) is 10.7. The van der Waals surface area contributed by atoms with Crippen LogP contribution in [0.15, 0.2) is 70.0 Å². The van der Waals surface area contributed by atoms with Gasteiger partial charge in [0.1, 0.15) is 11.1 Å². The molecule has 0 aliphatic carbocycles. The minimum Gasteiger partial charge on any atom is -0.422 e. The van der Waals surface area contributed by atoms with Gasteiger partial charge in [-0.05, 0) is 18.2 Å². The van der Waals surface area contributed by atoms with E-state index in [1.807, 2.05) is 36.4 Å². The molecule has 0 spiro atoms. The first-order valence-corrected chi connectivity index (χ1v) is 6.88. The maximum Gasteiger partial charge on any atom is 0.347 e. The Balaban J connectivity index is 1.93. The van der Waals surface area contributed by atoms with Crippen molar-refractivity contribution in [2.45, 2.75) is 0 Å². The lowest BCUT2D eigenvalue weighted by molar-refractivity contribution is 0.103. The van der Waals surface area contributed by atoms with Gasteiger partial charge in [-0.25, -0.2) is 4.79 Å². The number of hydrogen-bond acceptors (Lipinski definition) is 3. The number of carbonyl (C=O) groups excluding carboxylic acids is 1. The van der Waals surface area contributed by atoms with Crippen molar-refractivity contribution in [1.29, 1.82) is 0 Å². The molecule has 106 valence electrons. The van der Waals surface area contributed by atoms with Gasteiger partial charge in [-0.2, -0.15) is 0 Å². The van der Waals surface area contributed by atoms with Crippen LogP contribution in [0.3, 0.4) is 0 Å².